The topological polar surface area (TPSA) is 94.5 Å². The Morgan fingerprint density at radius 1 is 1.21 bits per heavy atom. The van der Waals surface area contributed by atoms with Crippen LogP contribution in [0.25, 0.3) is 0 Å². The number of carbonyl (C=O) groups excluding carboxylic acids is 2. The first-order chi connectivity index (χ1) is 18.4. The fraction of sp³-hybridized carbons (Fsp3) is 0.733. The number of rotatable bonds is 12. The van der Waals surface area contributed by atoms with Gasteiger partial charge in [-0.15, -0.1) is 0 Å². The van der Waals surface area contributed by atoms with Crippen LogP contribution in [0.15, 0.2) is 18.2 Å². The van der Waals surface area contributed by atoms with E-state index in [1.807, 2.05) is 19.2 Å². The molecule has 6 unspecified atom stereocenters. The summed E-state index contributed by atoms with van der Waals surface area (Å²) in [5, 5.41) is 11.1. The van der Waals surface area contributed by atoms with Gasteiger partial charge in [-0.2, -0.15) is 0 Å². The van der Waals surface area contributed by atoms with Gasteiger partial charge in [-0.3, -0.25) is 0 Å². The largest absolute Gasteiger partial charge is 0.482 e. The number of esters is 2. The molecule has 0 spiro atoms. The lowest BCUT2D eigenvalue weighted by Gasteiger charge is -2.33. The number of morpholine rings is 1. The van der Waals surface area contributed by atoms with E-state index in [1.165, 1.54) is 12.7 Å². The molecule has 212 valence electrons. The summed E-state index contributed by atoms with van der Waals surface area (Å²) in [7, 11) is 3.35. The highest BCUT2D eigenvalue weighted by atomic mass is 16.6. The number of aliphatic hydroxyl groups is 1. The van der Waals surface area contributed by atoms with Gasteiger partial charge in [0.2, 0.25) is 0 Å². The molecule has 38 heavy (non-hydrogen) atoms. The molecule has 8 nitrogen and oxygen atoms in total. The summed E-state index contributed by atoms with van der Waals surface area (Å²) in [4.78, 5) is 26.6. The second kappa shape index (κ2) is 13.8. The van der Waals surface area contributed by atoms with Crippen molar-refractivity contribution in [2.45, 2.75) is 83.0 Å². The summed E-state index contributed by atoms with van der Waals surface area (Å²) < 4.78 is 22.2. The minimum Gasteiger partial charge on any atom is -0.482 e. The van der Waals surface area contributed by atoms with Gasteiger partial charge in [0.25, 0.3) is 0 Å². The predicted octanol–water partition coefficient (Wildman–Crippen LogP) is 3.55. The van der Waals surface area contributed by atoms with Crippen molar-refractivity contribution in [1.82, 2.24) is 4.90 Å². The molecule has 0 aromatic heterocycles. The molecule has 1 aliphatic heterocycles. The van der Waals surface area contributed by atoms with Crippen LogP contribution in [0.1, 0.15) is 63.0 Å². The van der Waals surface area contributed by atoms with Gasteiger partial charge < -0.3 is 29.0 Å². The third-order valence-electron chi connectivity index (χ3n) is 8.69. The molecular weight excluding hydrogens is 486 g/mol. The highest BCUT2D eigenvalue weighted by molar-refractivity contribution is 5.75. The number of hydrogen-bond acceptors (Lipinski definition) is 8. The van der Waals surface area contributed by atoms with E-state index in [0.717, 1.165) is 75.6 Å². The van der Waals surface area contributed by atoms with E-state index < -0.39 is 12.1 Å². The number of nitrogens with zero attached hydrogens (tertiary/aromatic N) is 1. The molecule has 2 aliphatic carbocycles. The van der Waals surface area contributed by atoms with Crippen molar-refractivity contribution in [3.63, 3.8) is 0 Å². The normalized spacial score (nSPS) is 27.7. The fourth-order valence-electron chi connectivity index (χ4n) is 6.56. The summed E-state index contributed by atoms with van der Waals surface area (Å²) in [6.45, 7) is 4.01. The second-order valence-corrected chi connectivity index (χ2v) is 11.3. The average molecular weight is 532 g/mol. The maximum atomic E-state index is 12.9. The molecular formula is C30H45NO7. The average Bonchev–Trinajstić information content (AvgIpc) is 3.22. The molecule has 6 atom stereocenters. The number of unbranched alkanes of at least 4 members (excludes halogenated alkanes) is 2. The van der Waals surface area contributed by atoms with Gasteiger partial charge in [-0.1, -0.05) is 31.9 Å². The van der Waals surface area contributed by atoms with Gasteiger partial charge in [0.05, 0.1) is 19.8 Å². The van der Waals surface area contributed by atoms with E-state index in [0.29, 0.717) is 25.0 Å². The molecule has 1 heterocycles. The maximum Gasteiger partial charge on any atom is 0.343 e. The molecule has 0 amide bonds. The zero-order chi connectivity index (χ0) is 27.1. The number of fused-ring (bicyclic) bond motifs is 2. The van der Waals surface area contributed by atoms with Crippen molar-refractivity contribution in [2.24, 2.45) is 17.8 Å². The van der Waals surface area contributed by atoms with Crippen LogP contribution in [-0.4, -0.2) is 80.7 Å². The van der Waals surface area contributed by atoms with Gasteiger partial charge in [0.1, 0.15) is 11.9 Å². The van der Waals surface area contributed by atoms with E-state index in [-0.39, 0.29) is 30.7 Å². The van der Waals surface area contributed by atoms with E-state index in [4.69, 9.17) is 18.9 Å². The molecule has 1 aromatic rings. The number of methoxy groups -OCH3 is 1. The third kappa shape index (κ3) is 7.27. The number of carbonyl (C=O) groups is 2. The Labute approximate surface area is 227 Å². The number of hydrogen-bond donors (Lipinski definition) is 1. The molecule has 1 saturated heterocycles. The minimum absolute atomic E-state index is 0.105. The standard InChI is InChI=1S/C30H45NO7/c1-4-5-6-9-22(38-30(34)28-18-31(2)13-14-36-28)11-12-23-24-15-20-8-7-10-27(37-19-29(33)35-3)25(20)16-21(24)17-26(23)32/h7-8,10,21-24,26,28,32H,4-6,9,11-19H2,1-3H3. The van der Waals surface area contributed by atoms with Crippen LogP contribution in [0.4, 0.5) is 0 Å². The Kier molecular flexibility index (Phi) is 10.4. The quantitative estimate of drug-likeness (QED) is 0.323. The predicted molar refractivity (Wildman–Crippen MR) is 143 cm³/mol. The first-order valence-corrected chi connectivity index (χ1v) is 14.4. The first kappa shape index (κ1) is 28.8. The van der Waals surface area contributed by atoms with Crippen LogP contribution < -0.4 is 4.74 Å². The number of ether oxygens (including phenoxy) is 4. The SMILES string of the molecule is CCCCCC(CCC1C(O)CC2Cc3c(cccc3OCC(=O)OC)CC21)OC(=O)C1CN(C)CCO1. The molecule has 0 bridgehead atoms. The Bertz CT molecular complexity index is 937. The molecule has 2 fully saturated rings. The lowest BCUT2D eigenvalue weighted by atomic mass is 9.73. The van der Waals surface area contributed by atoms with Crippen LogP contribution in [0.5, 0.6) is 5.75 Å². The van der Waals surface area contributed by atoms with Gasteiger partial charge >= 0.3 is 11.9 Å². The smallest absolute Gasteiger partial charge is 0.343 e. The van der Waals surface area contributed by atoms with Gasteiger partial charge in [-0.05, 0) is 86.9 Å². The monoisotopic (exact) mass is 531 g/mol. The molecule has 1 aromatic carbocycles. The summed E-state index contributed by atoms with van der Waals surface area (Å²) >= 11 is 0. The second-order valence-electron chi connectivity index (χ2n) is 11.3. The first-order valence-electron chi connectivity index (χ1n) is 14.4. The minimum atomic E-state index is -0.519. The summed E-state index contributed by atoms with van der Waals surface area (Å²) in [6, 6.07) is 6.02. The Morgan fingerprint density at radius 2 is 2.05 bits per heavy atom. The maximum absolute atomic E-state index is 12.9. The Morgan fingerprint density at radius 3 is 2.82 bits per heavy atom. The summed E-state index contributed by atoms with van der Waals surface area (Å²) in [6.07, 6.45) is 7.18. The van der Waals surface area contributed by atoms with Gasteiger partial charge in [0.15, 0.2) is 12.7 Å². The van der Waals surface area contributed by atoms with Crippen LogP contribution in [0.2, 0.25) is 0 Å². The zero-order valence-electron chi connectivity index (χ0n) is 23.2. The van der Waals surface area contributed by atoms with Gasteiger partial charge in [-0.25, -0.2) is 9.59 Å². The number of benzene rings is 1. The van der Waals surface area contributed by atoms with Crippen LogP contribution in [0.3, 0.4) is 0 Å². The lowest BCUT2D eigenvalue weighted by molar-refractivity contribution is -0.168. The van der Waals surface area contributed by atoms with Crippen molar-refractivity contribution in [1.29, 1.82) is 0 Å². The van der Waals surface area contributed by atoms with Crippen molar-refractivity contribution in [2.75, 3.05) is 40.5 Å². The number of likely N-dealkylation sites (N-methyl/N-ethyl adjacent to an activating group) is 1. The van der Waals surface area contributed by atoms with Crippen molar-refractivity contribution in [3.8, 4) is 5.75 Å². The van der Waals surface area contributed by atoms with E-state index >= 15 is 0 Å². The number of aliphatic hydroxyl groups excluding tert-OH is 1. The van der Waals surface area contributed by atoms with Crippen LogP contribution in [0, 0.1) is 17.8 Å². The van der Waals surface area contributed by atoms with Crippen molar-refractivity contribution in [3.05, 3.63) is 29.3 Å². The molecule has 0 radical (unpaired) electrons. The van der Waals surface area contributed by atoms with E-state index in [1.54, 1.807) is 0 Å². The Balaban J connectivity index is 1.38. The highest BCUT2D eigenvalue weighted by Gasteiger charge is 2.45. The molecule has 8 heteroatoms. The summed E-state index contributed by atoms with van der Waals surface area (Å²) in [5.41, 5.74) is 2.38. The Hall–Kier alpha value is -2.16. The van der Waals surface area contributed by atoms with E-state index in [2.05, 4.69) is 17.9 Å². The van der Waals surface area contributed by atoms with Crippen molar-refractivity contribution >= 4 is 11.9 Å². The summed E-state index contributed by atoms with van der Waals surface area (Å²) in [5.74, 6) is 1.02. The fourth-order valence-corrected chi connectivity index (χ4v) is 6.56. The third-order valence-corrected chi connectivity index (χ3v) is 8.69. The van der Waals surface area contributed by atoms with Crippen LogP contribution >= 0.6 is 0 Å². The van der Waals surface area contributed by atoms with E-state index in [9.17, 15) is 14.7 Å². The molecule has 1 saturated carbocycles. The molecule has 3 aliphatic rings. The molecule has 1 N–H and O–H groups in total. The molecule has 4 rings (SSSR count). The van der Waals surface area contributed by atoms with Crippen molar-refractivity contribution < 1.29 is 33.6 Å². The highest BCUT2D eigenvalue weighted by Crippen LogP contribution is 2.48. The zero-order valence-corrected chi connectivity index (χ0v) is 23.2. The van der Waals surface area contributed by atoms with Gasteiger partial charge in [0, 0.05) is 13.1 Å². The lowest BCUT2D eigenvalue weighted by Crippen LogP contribution is -2.45. The van der Waals surface area contributed by atoms with Crippen LogP contribution in [-0.2, 0) is 36.6 Å².